The van der Waals surface area contributed by atoms with Crippen molar-refractivity contribution in [3.8, 4) is 0 Å². The highest BCUT2D eigenvalue weighted by molar-refractivity contribution is 5.82. The van der Waals surface area contributed by atoms with E-state index in [9.17, 15) is 4.79 Å². The van der Waals surface area contributed by atoms with E-state index in [0.29, 0.717) is 6.61 Å². The summed E-state index contributed by atoms with van der Waals surface area (Å²) in [6, 6.07) is 0. The van der Waals surface area contributed by atoms with Gasteiger partial charge in [-0.2, -0.15) is 0 Å². The van der Waals surface area contributed by atoms with E-state index >= 15 is 0 Å². The second-order valence-corrected chi connectivity index (χ2v) is 2.39. The molecule has 3 nitrogen and oxygen atoms in total. The smallest absolute Gasteiger partial charge is 0.330 e. The normalized spacial score (nSPS) is 11.6. The molecule has 0 heterocycles. The van der Waals surface area contributed by atoms with Gasteiger partial charge in [-0.1, -0.05) is 24.3 Å². The molecule has 0 fully saturated rings. The lowest BCUT2D eigenvalue weighted by Crippen LogP contribution is -2.06. The van der Waals surface area contributed by atoms with Crippen LogP contribution in [-0.2, 0) is 14.3 Å². The van der Waals surface area contributed by atoms with Crippen molar-refractivity contribution >= 4 is 5.97 Å². The Labute approximate surface area is 84.7 Å². The fourth-order valence-corrected chi connectivity index (χ4v) is 0.648. The van der Waals surface area contributed by atoms with Crippen molar-refractivity contribution in [3.63, 3.8) is 0 Å². The molecule has 3 heteroatoms. The van der Waals surface area contributed by atoms with Crippen molar-refractivity contribution in [2.75, 3.05) is 13.2 Å². The third kappa shape index (κ3) is 8.59. The lowest BCUT2D eigenvalue weighted by atomic mass is 10.4. The van der Waals surface area contributed by atoms with E-state index < -0.39 is 0 Å². The quantitative estimate of drug-likeness (QED) is 0.215. The first-order valence-electron chi connectivity index (χ1n) is 4.50. The van der Waals surface area contributed by atoms with Crippen LogP contribution in [0.1, 0.15) is 13.8 Å². The minimum Gasteiger partial charge on any atom is -0.498 e. The number of hydrogen-bond acceptors (Lipinski definition) is 3. The van der Waals surface area contributed by atoms with Crippen LogP contribution < -0.4 is 0 Å². The third-order valence-corrected chi connectivity index (χ3v) is 1.21. The Bertz CT molecular complexity index is 227. The number of carbonyl (C=O) groups is 1. The Kier molecular flexibility index (Phi) is 8.54. The van der Waals surface area contributed by atoms with Crippen molar-refractivity contribution in [1.82, 2.24) is 0 Å². The van der Waals surface area contributed by atoms with Crippen LogP contribution in [0.3, 0.4) is 0 Å². The van der Waals surface area contributed by atoms with E-state index in [0.717, 1.165) is 0 Å². The van der Waals surface area contributed by atoms with Crippen LogP contribution in [0, 0.1) is 0 Å². The van der Waals surface area contributed by atoms with E-state index in [1.165, 1.54) is 6.08 Å². The summed E-state index contributed by atoms with van der Waals surface area (Å²) in [5, 5.41) is 0. The lowest BCUT2D eigenvalue weighted by molar-refractivity contribution is -0.138. The maximum Gasteiger partial charge on any atom is 0.330 e. The molecular weight excluding hydrogens is 180 g/mol. The summed E-state index contributed by atoms with van der Waals surface area (Å²) in [5.41, 5.74) is 0. The maximum absolute atomic E-state index is 10.9. The summed E-state index contributed by atoms with van der Waals surface area (Å²) in [6.07, 6.45) is 9.93. The van der Waals surface area contributed by atoms with Crippen LogP contribution >= 0.6 is 0 Å². The number of allylic oxidation sites excluding steroid dienone is 4. The molecule has 78 valence electrons. The molecule has 0 saturated heterocycles. The van der Waals surface area contributed by atoms with Gasteiger partial charge in [0.25, 0.3) is 0 Å². The van der Waals surface area contributed by atoms with Crippen LogP contribution in [0.5, 0.6) is 0 Å². The zero-order valence-electron chi connectivity index (χ0n) is 8.60. The summed E-state index contributed by atoms with van der Waals surface area (Å²) < 4.78 is 9.78. The summed E-state index contributed by atoms with van der Waals surface area (Å²) in [5.74, 6) is -0.354. The van der Waals surface area contributed by atoms with Gasteiger partial charge in [0.05, 0.1) is 6.26 Å². The minimum absolute atomic E-state index is 0.267. The molecular formula is C11H16O3. The SMILES string of the molecule is CC=COCCOC(=O)/C=C/C=C/C. The molecule has 0 atom stereocenters. The highest BCUT2D eigenvalue weighted by Gasteiger charge is 1.94. The lowest BCUT2D eigenvalue weighted by Gasteiger charge is -2.00. The fourth-order valence-electron chi connectivity index (χ4n) is 0.648. The summed E-state index contributed by atoms with van der Waals surface area (Å²) in [4.78, 5) is 10.9. The molecule has 0 N–H and O–H groups in total. The number of carbonyl (C=O) groups excluding carboxylic acids is 1. The maximum atomic E-state index is 10.9. The first-order chi connectivity index (χ1) is 6.81. The van der Waals surface area contributed by atoms with Gasteiger partial charge in [-0.15, -0.1) is 0 Å². The van der Waals surface area contributed by atoms with Crippen molar-refractivity contribution in [2.45, 2.75) is 13.8 Å². The van der Waals surface area contributed by atoms with Gasteiger partial charge in [-0.05, 0) is 13.8 Å². The highest BCUT2D eigenvalue weighted by atomic mass is 16.6. The second kappa shape index (κ2) is 9.58. The Morgan fingerprint density at radius 2 is 1.93 bits per heavy atom. The zero-order chi connectivity index (χ0) is 10.6. The number of esters is 1. The Morgan fingerprint density at radius 1 is 1.14 bits per heavy atom. The molecule has 0 aliphatic carbocycles. The van der Waals surface area contributed by atoms with Gasteiger partial charge in [0.15, 0.2) is 0 Å². The minimum atomic E-state index is -0.354. The average Bonchev–Trinajstić information content (AvgIpc) is 2.18. The van der Waals surface area contributed by atoms with Gasteiger partial charge < -0.3 is 9.47 Å². The molecule has 0 rings (SSSR count). The van der Waals surface area contributed by atoms with Crippen molar-refractivity contribution in [1.29, 1.82) is 0 Å². The number of hydrogen-bond donors (Lipinski definition) is 0. The first kappa shape index (κ1) is 12.5. The second-order valence-electron chi connectivity index (χ2n) is 2.39. The van der Waals surface area contributed by atoms with Crippen molar-refractivity contribution in [3.05, 3.63) is 36.6 Å². The van der Waals surface area contributed by atoms with Crippen molar-refractivity contribution in [2.24, 2.45) is 0 Å². The molecule has 0 unspecified atom stereocenters. The molecule has 0 aromatic carbocycles. The monoisotopic (exact) mass is 196 g/mol. The van der Waals surface area contributed by atoms with Gasteiger partial charge in [-0.25, -0.2) is 4.79 Å². The van der Waals surface area contributed by atoms with Crippen LogP contribution in [0.4, 0.5) is 0 Å². The molecule has 14 heavy (non-hydrogen) atoms. The summed E-state index contributed by atoms with van der Waals surface area (Å²) >= 11 is 0. The zero-order valence-corrected chi connectivity index (χ0v) is 8.60. The molecule has 0 amide bonds. The highest BCUT2D eigenvalue weighted by Crippen LogP contribution is 1.85. The van der Waals surface area contributed by atoms with Crippen molar-refractivity contribution < 1.29 is 14.3 Å². The molecule has 0 aliphatic rings. The van der Waals surface area contributed by atoms with Gasteiger partial charge in [0, 0.05) is 6.08 Å². The Hall–Kier alpha value is -1.51. The molecule has 0 aromatic heterocycles. The standard InChI is InChI=1S/C11H16O3/c1-3-5-6-7-11(12)14-10-9-13-8-4-2/h3-8H,9-10H2,1-2H3/b5-3+,7-6+,8-4?. The predicted molar refractivity (Wildman–Crippen MR) is 55.7 cm³/mol. The van der Waals surface area contributed by atoms with E-state index in [-0.39, 0.29) is 12.6 Å². The molecule has 0 radical (unpaired) electrons. The van der Waals surface area contributed by atoms with E-state index in [1.807, 2.05) is 19.9 Å². The molecule has 0 bridgehead atoms. The predicted octanol–water partition coefficient (Wildman–Crippen LogP) is 2.21. The molecule has 0 saturated carbocycles. The van der Waals surface area contributed by atoms with E-state index in [2.05, 4.69) is 0 Å². The number of ether oxygens (including phenoxy) is 2. The number of rotatable bonds is 6. The largest absolute Gasteiger partial charge is 0.498 e. The van der Waals surface area contributed by atoms with Crippen LogP contribution in [0.2, 0.25) is 0 Å². The molecule has 0 aromatic rings. The van der Waals surface area contributed by atoms with Gasteiger partial charge in [-0.3, -0.25) is 0 Å². The molecule has 0 spiro atoms. The van der Waals surface area contributed by atoms with Crippen LogP contribution in [0.15, 0.2) is 36.6 Å². The van der Waals surface area contributed by atoms with Gasteiger partial charge >= 0.3 is 5.97 Å². The Balaban J connectivity index is 3.44. The summed E-state index contributed by atoms with van der Waals surface area (Å²) in [7, 11) is 0. The fraction of sp³-hybridized carbons (Fsp3) is 0.364. The Morgan fingerprint density at radius 3 is 2.57 bits per heavy atom. The van der Waals surface area contributed by atoms with Gasteiger partial charge in [0.2, 0.25) is 0 Å². The summed E-state index contributed by atoms with van der Waals surface area (Å²) in [6.45, 7) is 4.38. The average molecular weight is 196 g/mol. The molecule has 0 aliphatic heterocycles. The van der Waals surface area contributed by atoms with E-state index in [1.54, 1.807) is 24.5 Å². The third-order valence-electron chi connectivity index (χ3n) is 1.21. The van der Waals surface area contributed by atoms with Gasteiger partial charge in [0.1, 0.15) is 13.2 Å². The van der Waals surface area contributed by atoms with Crippen LogP contribution in [-0.4, -0.2) is 19.2 Å². The topological polar surface area (TPSA) is 35.5 Å². The first-order valence-corrected chi connectivity index (χ1v) is 4.50. The van der Waals surface area contributed by atoms with Crippen LogP contribution in [0.25, 0.3) is 0 Å². The van der Waals surface area contributed by atoms with E-state index in [4.69, 9.17) is 9.47 Å².